The molecule has 0 spiro atoms. The number of rotatable bonds is 3. The van der Waals surface area contributed by atoms with Crippen molar-refractivity contribution >= 4 is 5.91 Å². The maximum Gasteiger partial charge on any atom is 0.278 e. The largest absolute Gasteiger partial charge is 0.493 e. The highest BCUT2D eigenvalue weighted by atomic mass is 16.5. The first-order chi connectivity index (χ1) is 12.3. The number of piperidine rings is 1. The number of ether oxygens (including phenoxy) is 1. The second-order valence-corrected chi connectivity index (χ2v) is 7.17. The van der Waals surface area contributed by atoms with Gasteiger partial charge in [-0.1, -0.05) is 37.5 Å². The molecule has 4 rings (SSSR count). The number of nitrogens with zero attached hydrogens (tertiary/aromatic N) is 3. The lowest BCUT2D eigenvalue weighted by Gasteiger charge is -2.41. The summed E-state index contributed by atoms with van der Waals surface area (Å²) in [4.78, 5) is 15.0. The topological polar surface area (TPSA) is 47.4 Å². The smallest absolute Gasteiger partial charge is 0.278 e. The fourth-order valence-electron chi connectivity index (χ4n) is 4.30. The normalized spacial score (nSPS) is 23.2. The van der Waals surface area contributed by atoms with Crippen molar-refractivity contribution in [3.8, 4) is 11.4 Å². The van der Waals surface area contributed by atoms with Gasteiger partial charge in [-0.15, -0.1) is 0 Å². The molecule has 5 nitrogen and oxygen atoms in total. The molecular formula is C20H25N3O2. The summed E-state index contributed by atoms with van der Waals surface area (Å²) in [5.74, 6) is 2.01. The fraction of sp³-hybridized carbons (Fsp3) is 0.500. The van der Waals surface area contributed by atoms with Crippen LogP contribution in [0.25, 0.3) is 5.69 Å². The number of methoxy groups -OCH3 is 1. The molecule has 1 amide bonds. The number of benzene rings is 1. The molecular weight excluding hydrogens is 314 g/mol. The molecule has 1 aliphatic heterocycles. The maximum absolute atomic E-state index is 13.1. The van der Waals surface area contributed by atoms with E-state index in [2.05, 4.69) is 5.10 Å². The summed E-state index contributed by atoms with van der Waals surface area (Å²) in [7, 11) is 1.59. The molecule has 1 saturated carbocycles. The lowest BCUT2D eigenvalue weighted by atomic mass is 9.75. The van der Waals surface area contributed by atoms with Crippen molar-refractivity contribution in [3.63, 3.8) is 0 Å². The molecule has 0 unspecified atom stereocenters. The number of hydrogen-bond donors (Lipinski definition) is 0. The van der Waals surface area contributed by atoms with Crippen LogP contribution in [-0.4, -0.2) is 40.8 Å². The fourth-order valence-corrected chi connectivity index (χ4v) is 4.30. The van der Waals surface area contributed by atoms with Crippen molar-refractivity contribution < 1.29 is 9.53 Å². The van der Waals surface area contributed by atoms with Gasteiger partial charge in [0.2, 0.25) is 0 Å². The monoisotopic (exact) mass is 339 g/mol. The van der Waals surface area contributed by atoms with Gasteiger partial charge in [-0.2, -0.15) is 5.10 Å². The van der Waals surface area contributed by atoms with Crippen LogP contribution in [0.2, 0.25) is 0 Å². The van der Waals surface area contributed by atoms with Gasteiger partial charge in [0.1, 0.15) is 0 Å². The minimum absolute atomic E-state index is 0.00412. The number of fused-ring (bicyclic) bond motifs is 1. The van der Waals surface area contributed by atoms with Crippen molar-refractivity contribution in [1.29, 1.82) is 0 Å². The number of para-hydroxylation sites is 1. The Morgan fingerprint density at radius 3 is 2.64 bits per heavy atom. The van der Waals surface area contributed by atoms with Gasteiger partial charge in [0.25, 0.3) is 5.91 Å². The molecule has 132 valence electrons. The van der Waals surface area contributed by atoms with Gasteiger partial charge >= 0.3 is 0 Å². The third kappa shape index (κ3) is 3.15. The second kappa shape index (κ2) is 6.90. The quantitative estimate of drug-likeness (QED) is 0.859. The molecule has 0 bridgehead atoms. The Morgan fingerprint density at radius 1 is 1.12 bits per heavy atom. The van der Waals surface area contributed by atoms with Gasteiger partial charge in [-0.25, -0.2) is 4.68 Å². The highest BCUT2D eigenvalue weighted by molar-refractivity contribution is 5.95. The highest BCUT2D eigenvalue weighted by Crippen LogP contribution is 2.36. The lowest BCUT2D eigenvalue weighted by molar-refractivity contribution is 0.0512. The van der Waals surface area contributed by atoms with Crippen LogP contribution in [0.3, 0.4) is 0 Å². The van der Waals surface area contributed by atoms with Crippen LogP contribution in [0.4, 0.5) is 0 Å². The Hall–Kier alpha value is -2.30. The third-order valence-corrected chi connectivity index (χ3v) is 5.70. The van der Waals surface area contributed by atoms with Crippen LogP contribution in [0.1, 0.15) is 42.6 Å². The number of carbonyl (C=O) groups is 1. The molecule has 2 fully saturated rings. The number of aromatic nitrogens is 2. The van der Waals surface area contributed by atoms with Crippen LogP contribution >= 0.6 is 0 Å². The first-order valence-corrected chi connectivity index (χ1v) is 9.24. The predicted octanol–water partition coefficient (Wildman–Crippen LogP) is 3.53. The van der Waals surface area contributed by atoms with E-state index in [1.54, 1.807) is 18.0 Å². The Kier molecular flexibility index (Phi) is 4.47. The lowest BCUT2D eigenvalue weighted by Crippen LogP contribution is -2.45. The average molecular weight is 339 g/mol. The van der Waals surface area contributed by atoms with E-state index in [1.165, 1.54) is 25.7 Å². The predicted molar refractivity (Wildman–Crippen MR) is 96.1 cm³/mol. The van der Waals surface area contributed by atoms with Gasteiger partial charge < -0.3 is 9.64 Å². The minimum atomic E-state index is -0.00412. The summed E-state index contributed by atoms with van der Waals surface area (Å²) in [5.41, 5.74) is 1.34. The van der Waals surface area contributed by atoms with Crippen molar-refractivity contribution in [2.24, 2.45) is 11.8 Å². The molecule has 1 aromatic heterocycles. The summed E-state index contributed by atoms with van der Waals surface area (Å²) >= 11 is 0. The highest BCUT2D eigenvalue weighted by Gasteiger charge is 2.34. The molecule has 1 saturated heterocycles. The summed E-state index contributed by atoms with van der Waals surface area (Å²) < 4.78 is 7.16. The van der Waals surface area contributed by atoms with Crippen molar-refractivity contribution in [2.75, 3.05) is 20.2 Å². The number of carbonyl (C=O) groups excluding carboxylic acids is 1. The summed E-state index contributed by atoms with van der Waals surface area (Å²) in [6.07, 6.45) is 8.15. The first-order valence-electron chi connectivity index (χ1n) is 9.24. The van der Waals surface area contributed by atoms with Gasteiger partial charge in [0.15, 0.2) is 11.4 Å². The zero-order valence-corrected chi connectivity index (χ0v) is 14.7. The van der Waals surface area contributed by atoms with Gasteiger partial charge in [-0.3, -0.25) is 4.79 Å². The van der Waals surface area contributed by atoms with Gasteiger partial charge in [0, 0.05) is 13.1 Å². The Bertz CT molecular complexity index is 741. The van der Waals surface area contributed by atoms with Crippen molar-refractivity contribution in [2.45, 2.75) is 32.1 Å². The molecule has 1 aromatic carbocycles. The molecule has 25 heavy (non-hydrogen) atoms. The minimum Gasteiger partial charge on any atom is -0.493 e. The average Bonchev–Trinajstić information content (AvgIpc) is 3.12. The summed E-state index contributed by atoms with van der Waals surface area (Å²) in [5, 5.41) is 4.53. The SMILES string of the molecule is COc1cn(-c2ccccc2)nc1C(=O)N1CC[C@H]2CCCC[C@@H]2C1. The Labute approximate surface area is 148 Å². The van der Waals surface area contributed by atoms with E-state index in [0.29, 0.717) is 17.4 Å². The molecule has 1 aliphatic carbocycles. The molecule has 2 aliphatic rings. The second-order valence-electron chi connectivity index (χ2n) is 7.17. The van der Waals surface area contributed by atoms with E-state index in [4.69, 9.17) is 4.74 Å². The summed E-state index contributed by atoms with van der Waals surface area (Å²) in [6.45, 7) is 1.70. The van der Waals surface area contributed by atoms with Crippen LogP contribution in [0.5, 0.6) is 5.75 Å². The zero-order valence-electron chi connectivity index (χ0n) is 14.7. The molecule has 0 radical (unpaired) electrons. The van der Waals surface area contributed by atoms with Crippen LogP contribution < -0.4 is 4.74 Å². The number of hydrogen-bond acceptors (Lipinski definition) is 3. The van der Waals surface area contributed by atoms with Gasteiger partial charge in [0.05, 0.1) is 19.0 Å². The van der Waals surface area contributed by atoms with E-state index >= 15 is 0 Å². The van der Waals surface area contributed by atoms with Crippen LogP contribution in [0.15, 0.2) is 36.5 Å². The van der Waals surface area contributed by atoms with E-state index in [0.717, 1.165) is 31.1 Å². The van der Waals surface area contributed by atoms with Crippen molar-refractivity contribution in [3.05, 3.63) is 42.2 Å². The third-order valence-electron chi connectivity index (χ3n) is 5.70. The van der Waals surface area contributed by atoms with Gasteiger partial charge in [-0.05, 0) is 36.8 Å². The molecule has 0 N–H and O–H groups in total. The molecule has 2 heterocycles. The molecule has 5 heteroatoms. The Morgan fingerprint density at radius 2 is 1.88 bits per heavy atom. The standard InChI is InChI=1S/C20H25N3O2/c1-25-18-14-23(17-9-3-2-4-10-17)21-19(18)20(24)22-12-11-15-7-5-6-8-16(15)13-22/h2-4,9-10,14-16H,5-8,11-13H2,1H3/t15-,16-/m1/s1. The zero-order chi connectivity index (χ0) is 17.2. The number of amides is 1. The molecule has 2 atom stereocenters. The van der Waals surface area contributed by atoms with E-state index < -0.39 is 0 Å². The molecule has 2 aromatic rings. The van der Waals surface area contributed by atoms with E-state index in [9.17, 15) is 4.79 Å². The Balaban J connectivity index is 1.56. The van der Waals surface area contributed by atoms with Crippen molar-refractivity contribution in [1.82, 2.24) is 14.7 Å². The first kappa shape index (κ1) is 16.2. The summed E-state index contributed by atoms with van der Waals surface area (Å²) in [6, 6.07) is 9.81. The van der Waals surface area contributed by atoms with Crippen LogP contribution in [-0.2, 0) is 0 Å². The van der Waals surface area contributed by atoms with E-state index in [1.807, 2.05) is 35.2 Å². The van der Waals surface area contributed by atoms with Crippen LogP contribution in [0, 0.1) is 11.8 Å². The van der Waals surface area contributed by atoms with E-state index in [-0.39, 0.29) is 5.91 Å². The maximum atomic E-state index is 13.1. The number of likely N-dealkylation sites (tertiary alicyclic amines) is 1.